The highest BCUT2D eigenvalue weighted by Crippen LogP contribution is 2.29. The van der Waals surface area contributed by atoms with E-state index in [2.05, 4.69) is 24.3 Å². The van der Waals surface area contributed by atoms with E-state index in [4.69, 9.17) is 24.6 Å². The Hall–Kier alpha value is -4.43. The molecule has 1 fully saturated rings. The van der Waals surface area contributed by atoms with Crippen molar-refractivity contribution in [2.45, 2.75) is 64.0 Å². The molecule has 8 nitrogen and oxygen atoms in total. The van der Waals surface area contributed by atoms with Gasteiger partial charge in [-0.15, -0.1) is 0 Å². The van der Waals surface area contributed by atoms with Crippen LogP contribution in [-0.4, -0.2) is 34.7 Å². The third kappa shape index (κ3) is 7.25. The highest BCUT2D eigenvalue weighted by molar-refractivity contribution is 5.78. The molecular weight excluding hydrogens is 532 g/mol. The number of aryl methyl sites for hydroxylation is 2. The van der Waals surface area contributed by atoms with Crippen molar-refractivity contribution in [3.05, 3.63) is 95.4 Å². The normalized spacial score (nSPS) is 14.0. The maximum Gasteiger partial charge on any atom is 0.327 e. The topological polar surface area (TPSA) is 125 Å². The second-order valence-electron chi connectivity index (χ2n) is 10.6. The lowest BCUT2D eigenvalue weighted by Gasteiger charge is -2.19. The summed E-state index contributed by atoms with van der Waals surface area (Å²) in [4.78, 5) is 28.7. The second-order valence-corrected chi connectivity index (χ2v) is 10.6. The lowest BCUT2D eigenvalue weighted by atomic mass is 9.97. The molecule has 8 heteroatoms. The molecule has 1 aliphatic carbocycles. The zero-order chi connectivity index (χ0) is 29.5. The van der Waals surface area contributed by atoms with Crippen LogP contribution < -0.4 is 10.5 Å². The first-order valence-corrected chi connectivity index (χ1v) is 14.4. The Bertz CT molecular complexity index is 1510. The van der Waals surface area contributed by atoms with Gasteiger partial charge in [0.25, 0.3) is 0 Å². The molecule has 1 heterocycles. The van der Waals surface area contributed by atoms with Gasteiger partial charge in [-0.25, -0.2) is 9.78 Å². The number of hydrogen-bond donors (Lipinski definition) is 2. The Morgan fingerprint density at radius 3 is 2.38 bits per heavy atom. The van der Waals surface area contributed by atoms with Gasteiger partial charge in [0, 0.05) is 18.4 Å². The molecule has 1 atom stereocenters. The number of carboxylic acid groups (broad SMARTS) is 1. The van der Waals surface area contributed by atoms with Crippen LogP contribution in [0.5, 0.6) is 5.75 Å². The van der Waals surface area contributed by atoms with E-state index in [1.54, 1.807) is 18.2 Å². The largest absolute Gasteiger partial charge is 0.493 e. The monoisotopic (exact) mass is 568 g/mol. The molecule has 0 amide bonds. The quantitative estimate of drug-likeness (QED) is 0.187. The molecule has 1 aliphatic rings. The van der Waals surface area contributed by atoms with Crippen molar-refractivity contribution < 1.29 is 28.6 Å². The molecule has 1 aromatic heterocycles. The van der Waals surface area contributed by atoms with Gasteiger partial charge in [-0.3, -0.25) is 4.79 Å². The molecule has 218 valence electrons. The summed E-state index contributed by atoms with van der Waals surface area (Å²) in [6, 6.07) is 22.5. The zero-order valence-corrected chi connectivity index (χ0v) is 23.8. The first kappa shape index (κ1) is 29.1. The summed E-state index contributed by atoms with van der Waals surface area (Å²) in [5, 5.41) is 9.18. The molecule has 0 spiro atoms. The van der Waals surface area contributed by atoms with E-state index in [1.807, 2.05) is 37.3 Å². The smallest absolute Gasteiger partial charge is 0.327 e. The summed E-state index contributed by atoms with van der Waals surface area (Å²) in [6.45, 7) is 2.21. The number of carboxylic acids is 1. The molecule has 4 aromatic rings. The summed E-state index contributed by atoms with van der Waals surface area (Å²) in [5.41, 5.74) is 11.5. The Morgan fingerprint density at radius 2 is 1.67 bits per heavy atom. The van der Waals surface area contributed by atoms with Crippen molar-refractivity contribution in [2.75, 3.05) is 6.61 Å². The SMILES string of the molecule is Cc1oc(-c2ccc(-c3ccccc3)cc2)nc1CCOc1ccc(CCC(=O)O)c(C(N)C(=O)OC2CCCC2)c1. The van der Waals surface area contributed by atoms with E-state index in [9.17, 15) is 14.7 Å². The van der Waals surface area contributed by atoms with Gasteiger partial charge >= 0.3 is 11.9 Å². The van der Waals surface area contributed by atoms with Gasteiger partial charge in [0.1, 0.15) is 23.7 Å². The van der Waals surface area contributed by atoms with Crippen LogP contribution in [0.1, 0.15) is 60.7 Å². The Kier molecular flexibility index (Phi) is 9.34. The molecule has 0 bridgehead atoms. The van der Waals surface area contributed by atoms with Gasteiger partial charge in [-0.1, -0.05) is 48.5 Å². The van der Waals surface area contributed by atoms with Crippen molar-refractivity contribution in [2.24, 2.45) is 5.73 Å². The fourth-order valence-electron chi connectivity index (χ4n) is 5.28. The van der Waals surface area contributed by atoms with E-state index < -0.39 is 18.0 Å². The third-order valence-electron chi connectivity index (χ3n) is 7.64. The van der Waals surface area contributed by atoms with Gasteiger partial charge in [0.2, 0.25) is 5.89 Å². The second kappa shape index (κ2) is 13.5. The van der Waals surface area contributed by atoms with Crippen molar-refractivity contribution in [3.63, 3.8) is 0 Å². The van der Waals surface area contributed by atoms with E-state index in [1.165, 1.54) is 0 Å². The Labute approximate surface area is 245 Å². The summed E-state index contributed by atoms with van der Waals surface area (Å²) in [7, 11) is 0. The van der Waals surface area contributed by atoms with Crippen LogP contribution in [0.2, 0.25) is 0 Å². The van der Waals surface area contributed by atoms with E-state index >= 15 is 0 Å². The number of aliphatic carboxylic acids is 1. The number of aromatic nitrogens is 1. The van der Waals surface area contributed by atoms with Crippen molar-refractivity contribution >= 4 is 11.9 Å². The minimum Gasteiger partial charge on any atom is -0.493 e. The number of oxazole rings is 1. The van der Waals surface area contributed by atoms with Crippen LogP contribution in [0.15, 0.2) is 77.2 Å². The first-order chi connectivity index (χ1) is 20.4. The van der Waals surface area contributed by atoms with E-state index in [0.717, 1.165) is 53.8 Å². The molecule has 1 saturated carbocycles. The summed E-state index contributed by atoms with van der Waals surface area (Å²) < 4.78 is 17.6. The fourth-order valence-corrected chi connectivity index (χ4v) is 5.28. The molecule has 0 aliphatic heterocycles. The van der Waals surface area contributed by atoms with Crippen molar-refractivity contribution in [1.29, 1.82) is 0 Å². The van der Waals surface area contributed by atoms with Gasteiger partial charge in [-0.05, 0) is 85.5 Å². The van der Waals surface area contributed by atoms with Crippen LogP contribution in [0.4, 0.5) is 0 Å². The number of carbonyl (C=O) groups is 2. The number of ether oxygens (including phenoxy) is 2. The van der Waals surface area contributed by atoms with Crippen LogP contribution in [0, 0.1) is 6.92 Å². The van der Waals surface area contributed by atoms with Crippen LogP contribution >= 0.6 is 0 Å². The zero-order valence-electron chi connectivity index (χ0n) is 23.8. The number of esters is 1. The minimum absolute atomic E-state index is 0.0691. The van der Waals surface area contributed by atoms with Crippen molar-refractivity contribution in [3.8, 4) is 28.3 Å². The van der Waals surface area contributed by atoms with Crippen molar-refractivity contribution in [1.82, 2.24) is 4.98 Å². The highest BCUT2D eigenvalue weighted by atomic mass is 16.5. The third-order valence-corrected chi connectivity index (χ3v) is 7.64. The molecule has 0 saturated heterocycles. The summed E-state index contributed by atoms with van der Waals surface area (Å²) >= 11 is 0. The molecular formula is C34H36N2O6. The fraction of sp³-hybridized carbons (Fsp3) is 0.324. The van der Waals surface area contributed by atoms with Crippen LogP contribution in [0.3, 0.4) is 0 Å². The first-order valence-electron chi connectivity index (χ1n) is 14.4. The lowest BCUT2D eigenvalue weighted by Crippen LogP contribution is -2.28. The number of hydrogen-bond acceptors (Lipinski definition) is 7. The summed E-state index contributed by atoms with van der Waals surface area (Å²) in [5.74, 6) is 0.392. The predicted molar refractivity (Wildman–Crippen MR) is 159 cm³/mol. The van der Waals surface area contributed by atoms with E-state index in [-0.39, 0.29) is 18.9 Å². The van der Waals surface area contributed by atoms with Gasteiger partial charge in [0.05, 0.1) is 12.3 Å². The van der Waals surface area contributed by atoms with Gasteiger partial charge in [-0.2, -0.15) is 0 Å². The summed E-state index contributed by atoms with van der Waals surface area (Å²) in [6.07, 6.45) is 4.35. The predicted octanol–water partition coefficient (Wildman–Crippen LogP) is 6.44. The van der Waals surface area contributed by atoms with Crippen LogP contribution in [0.25, 0.3) is 22.6 Å². The molecule has 0 radical (unpaired) electrons. The number of nitrogens with zero attached hydrogens (tertiary/aromatic N) is 1. The Morgan fingerprint density at radius 1 is 0.976 bits per heavy atom. The molecule has 42 heavy (non-hydrogen) atoms. The highest BCUT2D eigenvalue weighted by Gasteiger charge is 2.26. The average molecular weight is 569 g/mol. The molecule has 5 rings (SSSR count). The number of rotatable bonds is 12. The van der Waals surface area contributed by atoms with Crippen LogP contribution in [-0.2, 0) is 27.2 Å². The lowest BCUT2D eigenvalue weighted by molar-refractivity contribution is -0.150. The van der Waals surface area contributed by atoms with Gasteiger partial charge in [0.15, 0.2) is 0 Å². The number of nitrogens with two attached hydrogens (primary N) is 1. The van der Waals surface area contributed by atoms with E-state index in [0.29, 0.717) is 35.8 Å². The average Bonchev–Trinajstić information content (AvgIpc) is 3.66. The maximum absolute atomic E-state index is 12.8. The Balaban J connectivity index is 1.24. The van der Waals surface area contributed by atoms with Gasteiger partial charge < -0.3 is 24.7 Å². The minimum atomic E-state index is -1.02. The number of carbonyl (C=O) groups excluding carboxylic acids is 1. The standard InChI is InChI=1S/C34H36N2O6/c1-22-30(36-33(41-22)26-13-11-24(12-14-26)23-7-3-2-4-8-23)19-20-40-28-17-15-25(16-18-31(37)38)29(21-28)32(35)34(39)42-27-9-5-6-10-27/h2-4,7-8,11-15,17,21,27,32H,5-6,9-10,16,18-20,35H2,1H3,(H,37,38). The maximum atomic E-state index is 12.8. The molecule has 3 aromatic carbocycles. The number of benzene rings is 3. The molecule has 3 N–H and O–H groups in total. The molecule has 1 unspecified atom stereocenters.